The van der Waals surface area contributed by atoms with Gasteiger partial charge in [-0.3, -0.25) is 9.59 Å². The molecule has 0 N–H and O–H groups in total. The third kappa shape index (κ3) is 14.0. The molecule has 34 heavy (non-hydrogen) atoms. The van der Waals surface area contributed by atoms with Crippen LogP contribution in [-0.4, -0.2) is 75.9 Å². The number of hydrogen-bond acceptors (Lipinski definition) is 10. The van der Waals surface area contributed by atoms with Crippen molar-refractivity contribution in [3.8, 4) is 0 Å². The summed E-state index contributed by atoms with van der Waals surface area (Å²) >= 11 is 15.4. The van der Waals surface area contributed by atoms with Crippen molar-refractivity contribution in [2.24, 2.45) is 0 Å². The highest BCUT2D eigenvalue weighted by atomic mass is 32.2. The van der Waals surface area contributed by atoms with Crippen molar-refractivity contribution in [1.82, 2.24) is 0 Å². The maximum absolute atomic E-state index is 11.7. The zero-order valence-electron chi connectivity index (χ0n) is 20.3. The SMILES string of the molecule is C=C(C)C(=O)SCC1CSC(CSCCCCCCSCC2SCC(CSC(=O)C(=C)C)S2)S1. The van der Waals surface area contributed by atoms with E-state index in [4.69, 9.17) is 0 Å². The fourth-order valence-corrected chi connectivity index (χ4v) is 15.0. The van der Waals surface area contributed by atoms with Crippen molar-refractivity contribution >= 4 is 104 Å². The van der Waals surface area contributed by atoms with E-state index in [1.807, 2.05) is 0 Å². The first-order chi connectivity index (χ1) is 16.3. The predicted octanol–water partition coefficient (Wildman–Crippen LogP) is 8.03. The van der Waals surface area contributed by atoms with Crippen LogP contribution in [0.4, 0.5) is 0 Å². The van der Waals surface area contributed by atoms with E-state index in [-0.39, 0.29) is 10.2 Å². The number of hydrogen-bond donors (Lipinski definition) is 0. The topological polar surface area (TPSA) is 34.1 Å². The molecule has 2 aliphatic heterocycles. The first-order valence-corrected chi connectivity index (χ1v) is 20.0. The molecule has 0 aromatic heterocycles. The van der Waals surface area contributed by atoms with Crippen molar-refractivity contribution < 1.29 is 9.59 Å². The quantitative estimate of drug-likeness (QED) is 0.119. The summed E-state index contributed by atoms with van der Waals surface area (Å²) in [6.45, 7) is 11.1. The van der Waals surface area contributed by atoms with Gasteiger partial charge in [-0.05, 0) is 49.3 Å². The summed E-state index contributed by atoms with van der Waals surface area (Å²) in [5.41, 5.74) is 1.33. The molecule has 10 heteroatoms. The Bertz CT molecular complexity index is 615. The molecular weight excluding hydrogens is 577 g/mol. The molecule has 2 nitrogen and oxygen atoms in total. The Morgan fingerprint density at radius 3 is 1.50 bits per heavy atom. The summed E-state index contributed by atoms with van der Waals surface area (Å²) in [5.74, 6) is 9.23. The van der Waals surface area contributed by atoms with E-state index in [0.29, 0.717) is 30.8 Å². The number of thioether (sulfide) groups is 8. The lowest BCUT2D eigenvalue weighted by atomic mass is 10.2. The smallest absolute Gasteiger partial charge is 0.214 e. The largest absolute Gasteiger partial charge is 0.282 e. The lowest BCUT2D eigenvalue weighted by Crippen LogP contribution is -2.08. The Balaban J connectivity index is 1.35. The molecule has 0 bridgehead atoms. The molecule has 2 heterocycles. The minimum atomic E-state index is 0.148. The molecule has 2 fully saturated rings. The minimum absolute atomic E-state index is 0.148. The van der Waals surface area contributed by atoms with Crippen LogP contribution in [-0.2, 0) is 9.59 Å². The second-order valence-electron chi connectivity index (χ2n) is 8.36. The van der Waals surface area contributed by atoms with E-state index in [1.165, 1.54) is 83.7 Å². The van der Waals surface area contributed by atoms with Gasteiger partial charge in [-0.2, -0.15) is 23.5 Å². The Kier molecular flexibility index (Phi) is 17.6. The third-order valence-electron chi connectivity index (χ3n) is 4.96. The van der Waals surface area contributed by atoms with E-state index < -0.39 is 0 Å². The summed E-state index contributed by atoms with van der Waals surface area (Å²) in [6.07, 6.45) is 5.37. The van der Waals surface area contributed by atoms with Crippen LogP contribution in [0.1, 0.15) is 39.5 Å². The molecule has 2 aliphatic rings. The van der Waals surface area contributed by atoms with E-state index in [0.717, 1.165) is 11.5 Å². The summed E-state index contributed by atoms with van der Waals surface area (Å²) in [7, 11) is 0. The zero-order chi connectivity index (χ0) is 24.8. The Morgan fingerprint density at radius 2 is 1.12 bits per heavy atom. The highest BCUT2D eigenvalue weighted by Crippen LogP contribution is 2.42. The van der Waals surface area contributed by atoms with Crippen LogP contribution >= 0.6 is 94.1 Å². The Hall–Kier alpha value is 1.62. The van der Waals surface area contributed by atoms with Crippen LogP contribution in [0, 0.1) is 0 Å². The van der Waals surface area contributed by atoms with Crippen LogP contribution in [0.25, 0.3) is 0 Å². The molecule has 0 saturated carbocycles. The van der Waals surface area contributed by atoms with Gasteiger partial charge >= 0.3 is 0 Å². The van der Waals surface area contributed by atoms with Gasteiger partial charge < -0.3 is 0 Å². The van der Waals surface area contributed by atoms with Gasteiger partial charge in [0.2, 0.25) is 10.2 Å². The minimum Gasteiger partial charge on any atom is -0.282 e. The maximum atomic E-state index is 11.7. The molecular formula is C24H38O2S8. The lowest BCUT2D eigenvalue weighted by molar-refractivity contribution is -0.108. The van der Waals surface area contributed by atoms with E-state index in [9.17, 15) is 9.59 Å². The van der Waals surface area contributed by atoms with Gasteiger partial charge in [-0.1, -0.05) is 49.5 Å². The van der Waals surface area contributed by atoms with Gasteiger partial charge in [0.1, 0.15) is 0 Å². The van der Waals surface area contributed by atoms with Gasteiger partial charge in [0, 0.05) is 45.0 Å². The van der Waals surface area contributed by atoms with Crippen molar-refractivity contribution in [1.29, 1.82) is 0 Å². The van der Waals surface area contributed by atoms with Gasteiger partial charge in [0.25, 0.3) is 0 Å². The number of unbranched alkanes of at least 4 members (excludes halogenated alkanes) is 3. The van der Waals surface area contributed by atoms with E-state index in [2.05, 4.69) is 83.7 Å². The Labute approximate surface area is 241 Å². The molecule has 2 rings (SSSR count). The summed E-state index contributed by atoms with van der Waals surface area (Å²) in [5, 5.41) is 1.51. The fourth-order valence-electron chi connectivity index (χ4n) is 3.07. The molecule has 0 aliphatic carbocycles. The van der Waals surface area contributed by atoms with Gasteiger partial charge in [-0.15, -0.1) is 47.0 Å². The lowest BCUT2D eigenvalue weighted by Gasteiger charge is -2.10. The average Bonchev–Trinajstić information content (AvgIpc) is 3.46. The number of carbonyl (C=O) groups excluding carboxylic acids is 2. The highest BCUT2D eigenvalue weighted by molar-refractivity contribution is 8.23. The first-order valence-electron chi connectivity index (χ1n) is 11.7. The summed E-state index contributed by atoms with van der Waals surface area (Å²) in [4.78, 5) is 23.4. The molecule has 0 aromatic rings. The predicted molar refractivity (Wildman–Crippen MR) is 173 cm³/mol. The second kappa shape index (κ2) is 18.8. The normalized spacial score (nSPS) is 24.4. The monoisotopic (exact) mass is 614 g/mol. The van der Waals surface area contributed by atoms with Crippen LogP contribution < -0.4 is 0 Å². The third-order valence-corrected chi connectivity index (χ3v) is 17.4. The molecule has 194 valence electrons. The fraction of sp³-hybridized carbons (Fsp3) is 0.750. The Morgan fingerprint density at radius 1 is 0.706 bits per heavy atom. The zero-order valence-corrected chi connectivity index (χ0v) is 26.8. The maximum Gasteiger partial charge on any atom is 0.214 e. The van der Waals surface area contributed by atoms with E-state index >= 15 is 0 Å². The molecule has 4 atom stereocenters. The van der Waals surface area contributed by atoms with Crippen LogP contribution in [0.15, 0.2) is 24.3 Å². The van der Waals surface area contributed by atoms with Crippen LogP contribution in [0.3, 0.4) is 0 Å². The van der Waals surface area contributed by atoms with E-state index in [1.54, 1.807) is 13.8 Å². The van der Waals surface area contributed by atoms with Crippen molar-refractivity contribution in [3.63, 3.8) is 0 Å². The van der Waals surface area contributed by atoms with Crippen LogP contribution in [0.5, 0.6) is 0 Å². The van der Waals surface area contributed by atoms with Crippen molar-refractivity contribution in [2.75, 3.05) is 46.0 Å². The molecule has 4 unspecified atom stereocenters. The molecule has 0 amide bonds. The van der Waals surface area contributed by atoms with Crippen molar-refractivity contribution in [3.05, 3.63) is 24.3 Å². The molecule has 0 spiro atoms. The number of rotatable bonds is 17. The average molecular weight is 615 g/mol. The molecule has 0 aromatic carbocycles. The standard InChI is InChI=1S/C24H38O2S8/c1-17(2)23(25)31-13-19-11-29-21(33-19)15-27-9-7-5-6-8-10-28-16-22-30-12-20(34-22)14-32-24(26)18(3)4/h19-22H,1,3,5-16H2,2,4H3. The first kappa shape index (κ1) is 31.8. The van der Waals surface area contributed by atoms with Crippen molar-refractivity contribution in [2.45, 2.75) is 59.2 Å². The second-order valence-corrected chi connectivity index (χ2v) is 18.7. The van der Waals surface area contributed by atoms with Gasteiger partial charge in [0.15, 0.2) is 0 Å². The number of carbonyl (C=O) groups is 2. The summed E-state index contributed by atoms with van der Waals surface area (Å²) < 4.78 is 1.39. The van der Waals surface area contributed by atoms with Gasteiger partial charge in [-0.25, -0.2) is 0 Å². The molecule has 0 radical (unpaired) electrons. The highest BCUT2D eigenvalue weighted by Gasteiger charge is 2.27. The van der Waals surface area contributed by atoms with Gasteiger partial charge in [0.05, 0.1) is 9.16 Å². The summed E-state index contributed by atoms with van der Waals surface area (Å²) in [6, 6.07) is 0. The van der Waals surface area contributed by atoms with Crippen LogP contribution in [0.2, 0.25) is 0 Å². The molecule has 2 saturated heterocycles.